The number of hydrogen-bond donors (Lipinski definition) is 14. The van der Waals surface area contributed by atoms with Crippen LogP contribution in [-0.2, 0) is 68.7 Å². The maximum atomic E-state index is 14.9. The first-order valence-electron chi connectivity index (χ1n) is 28.2. The number of carbonyl (C=O) groups excluding carboxylic acids is 13. The fourth-order valence-electron chi connectivity index (χ4n) is 8.86. The minimum Gasteiger partial charge on any atom is -0.394 e. The van der Waals surface area contributed by atoms with E-state index < -0.39 is 168 Å². The van der Waals surface area contributed by atoms with Gasteiger partial charge in [-0.05, 0) is 82.7 Å². The second-order valence-corrected chi connectivity index (χ2v) is 23.8. The zero-order valence-electron chi connectivity index (χ0n) is 49.8. The number of nitrogens with zero attached hydrogens (tertiary/aromatic N) is 1. The van der Waals surface area contributed by atoms with E-state index in [1.165, 1.54) is 30.5 Å². The lowest BCUT2D eigenvalue weighted by atomic mass is 9.96. The Morgan fingerprint density at radius 1 is 0.631 bits per heavy atom. The third kappa shape index (κ3) is 24.8. The number of nitrogens with two attached hydrogens (primary N) is 3. The smallest absolute Gasteiger partial charge is 0.246 e. The maximum absolute atomic E-state index is 14.9. The van der Waals surface area contributed by atoms with Crippen LogP contribution in [0.2, 0.25) is 0 Å². The molecule has 1 saturated heterocycles. The van der Waals surface area contributed by atoms with Gasteiger partial charge < -0.3 is 80.4 Å². The van der Waals surface area contributed by atoms with Gasteiger partial charge in [0.15, 0.2) is 0 Å². The summed E-state index contributed by atoms with van der Waals surface area (Å²) in [5.74, 6) is -11.3. The van der Waals surface area contributed by atoms with E-state index in [9.17, 15) is 67.4 Å². The van der Waals surface area contributed by atoms with Crippen molar-refractivity contribution in [1.82, 2.24) is 58.1 Å². The molecule has 28 nitrogen and oxygen atoms in total. The highest BCUT2D eigenvalue weighted by molar-refractivity contribution is 8.00. The number of amides is 13. The summed E-state index contributed by atoms with van der Waals surface area (Å²) in [6.07, 6.45) is 0.622. The zero-order chi connectivity index (χ0) is 63.6. The van der Waals surface area contributed by atoms with Gasteiger partial charge in [0.05, 0.1) is 31.0 Å². The van der Waals surface area contributed by atoms with E-state index in [4.69, 9.17) is 17.2 Å². The van der Waals surface area contributed by atoms with Gasteiger partial charge in [-0.2, -0.15) is 0 Å². The van der Waals surface area contributed by atoms with Gasteiger partial charge in [0.1, 0.15) is 54.4 Å². The van der Waals surface area contributed by atoms with Crippen molar-refractivity contribution >= 4 is 88.6 Å². The van der Waals surface area contributed by atoms with Crippen LogP contribution >= 0.6 is 11.8 Å². The van der Waals surface area contributed by atoms with Crippen molar-refractivity contribution in [3.63, 3.8) is 0 Å². The third-order valence-electron chi connectivity index (χ3n) is 13.5. The number of aliphatic hydroxyl groups is 1. The standard InChI is InChI=1S/C55H90N14O14S/c1-11-31(6)45(53(82)65-36(21-29(2)3)50(79)63-35(19-15-16-20-56)48(77)64-38(24-42(57)72)47(76)60-25-43(58)73)68-52(81)41-28-84-55(9,10)69(41)54(83)39(22-30(4)5)66-51(80)40(27-70)67-46(75)32(7)61-49(78)37(23-34-17-13-12-14-18-34)62-44(74)26-59-33(8)71/h12-14,17-18,29-32,35-41,45,70H,11,15-16,19-28,56H2,1-10H3,(H2,57,72)(H2,58,73)(H,59,71)(H,60,76)(H,61,78)(H,62,74)(H,63,79)(H,64,77)(H,65,82)(H,66,80)(H,67,75)(H,68,81)/t31-,32-,35-,36-,37-,38-,39-,40-,41-,45-/m0/s1. The molecule has 17 N–H and O–H groups in total. The molecule has 1 aliphatic heterocycles. The molecule has 2 rings (SSSR count). The number of rotatable bonds is 36. The van der Waals surface area contributed by atoms with E-state index in [2.05, 4.69) is 53.2 Å². The largest absolute Gasteiger partial charge is 0.394 e. The highest BCUT2D eigenvalue weighted by Crippen LogP contribution is 2.40. The molecule has 470 valence electrons. The summed E-state index contributed by atoms with van der Waals surface area (Å²) in [4.78, 5) is 173. The lowest BCUT2D eigenvalue weighted by Gasteiger charge is -2.38. The predicted molar refractivity (Wildman–Crippen MR) is 311 cm³/mol. The van der Waals surface area contributed by atoms with Crippen LogP contribution in [0.25, 0.3) is 0 Å². The van der Waals surface area contributed by atoms with E-state index >= 15 is 0 Å². The fraction of sp³-hybridized carbons (Fsp3) is 0.655. The first-order chi connectivity index (χ1) is 39.3. The topological polar surface area (TPSA) is 444 Å². The second kappa shape index (κ2) is 35.7. The van der Waals surface area contributed by atoms with Crippen LogP contribution in [0.15, 0.2) is 30.3 Å². The molecule has 1 aliphatic rings. The van der Waals surface area contributed by atoms with Crippen LogP contribution in [0.3, 0.4) is 0 Å². The number of nitrogens with one attached hydrogen (secondary N) is 10. The Morgan fingerprint density at radius 2 is 1.18 bits per heavy atom. The highest BCUT2D eigenvalue weighted by atomic mass is 32.2. The van der Waals surface area contributed by atoms with Gasteiger partial charge in [0, 0.05) is 19.1 Å². The van der Waals surface area contributed by atoms with Crippen LogP contribution in [0.5, 0.6) is 0 Å². The van der Waals surface area contributed by atoms with Gasteiger partial charge in [0.25, 0.3) is 0 Å². The van der Waals surface area contributed by atoms with Gasteiger partial charge in [-0.15, -0.1) is 11.8 Å². The summed E-state index contributed by atoms with van der Waals surface area (Å²) in [5.41, 5.74) is 16.9. The molecule has 1 aromatic rings. The Balaban J connectivity index is 2.37. The molecule has 13 amide bonds. The number of aliphatic hydroxyl groups excluding tert-OH is 1. The average molecular weight is 1200 g/mol. The molecule has 0 radical (unpaired) electrons. The lowest BCUT2D eigenvalue weighted by molar-refractivity contribution is -0.146. The molecule has 0 spiro atoms. The van der Waals surface area contributed by atoms with Crippen molar-refractivity contribution in [2.24, 2.45) is 35.0 Å². The lowest BCUT2D eigenvalue weighted by Crippen LogP contribution is -2.63. The van der Waals surface area contributed by atoms with Gasteiger partial charge >= 0.3 is 0 Å². The Kier molecular flexibility index (Phi) is 30.9. The van der Waals surface area contributed by atoms with Crippen molar-refractivity contribution in [3.05, 3.63) is 35.9 Å². The molecule has 0 aromatic heterocycles. The minimum absolute atomic E-state index is 0.0168. The first-order valence-corrected chi connectivity index (χ1v) is 29.2. The van der Waals surface area contributed by atoms with Crippen molar-refractivity contribution in [2.75, 3.05) is 32.0 Å². The molecule has 29 heteroatoms. The summed E-state index contributed by atoms with van der Waals surface area (Å²) < 4.78 is 0. The summed E-state index contributed by atoms with van der Waals surface area (Å²) in [6.45, 7) is 14.9. The minimum atomic E-state index is -1.64. The summed E-state index contributed by atoms with van der Waals surface area (Å²) in [6, 6.07) is -3.39. The third-order valence-corrected chi connectivity index (χ3v) is 14.9. The van der Waals surface area contributed by atoms with Crippen LogP contribution in [0.4, 0.5) is 0 Å². The van der Waals surface area contributed by atoms with E-state index in [0.29, 0.717) is 24.8 Å². The molecule has 10 atom stereocenters. The highest BCUT2D eigenvalue weighted by Gasteiger charge is 2.49. The Bertz CT molecular complexity index is 2470. The van der Waals surface area contributed by atoms with E-state index in [1.807, 2.05) is 0 Å². The number of benzene rings is 1. The number of thioether (sulfide) groups is 1. The molecule has 0 aliphatic carbocycles. The summed E-state index contributed by atoms with van der Waals surface area (Å²) in [7, 11) is 0. The van der Waals surface area contributed by atoms with Crippen LogP contribution < -0.4 is 70.4 Å². The molecule has 1 fully saturated rings. The Labute approximate surface area is 495 Å². The number of carbonyl (C=O) groups is 13. The fourth-order valence-corrected chi connectivity index (χ4v) is 10.1. The predicted octanol–water partition coefficient (Wildman–Crippen LogP) is -3.32. The second-order valence-electron chi connectivity index (χ2n) is 22.2. The van der Waals surface area contributed by atoms with Crippen molar-refractivity contribution in [2.45, 2.75) is 180 Å². The van der Waals surface area contributed by atoms with E-state index in [1.54, 1.807) is 85.7 Å². The molecule has 0 bridgehead atoms. The monoisotopic (exact) mass is 1200 g/mol. The van der Waals surface area contributed by atoms with Gasteiger partial charge in [0.2, 0.25) is 76.8 Å². The van der Waals surface area contributed by atoms with Gasteiger partial charge in [-0.25, -0.2) is 0 Å². The molecule has 84 heavy (non-hydrogen) atoms. The number of hydrogen-bond acceptors (Lipinski definition) is 16. The molecule has 0 unspecified atom stereocenters. The van der Waals surface area contributed by atoms with E-state index in [0.717, 1.165) is 0 Å². The normalized spacial score (nSPS) is 16.8. The van der Waals surface area contributed by atoms with Crippen LogP contribution in [0.1, 0.15) is 120 Å². The SMILES string of the molecule is CC[C@H](C)[C@H](NC(=O)[C@@H]1CSC(C)(C)N1C(=O)[C@H](CC(C)C)NC(=O)[C@H](CO)NC(=O)[C@H](C)NC(=O)[C@H](Cc1ccccc1)NC(=O)CNC(C)=O)C(=O)N[C@@H](CC(C)C)C(=O)N[C@@H](CCCCN)C(=O)N[C@@H](CC(N)=O)C(=O)NCC(N)=O. The maximum Gasteiger partial charge on any atom is 0.246 e. The first kappa shape index (κ1) is 72.7. The molecular weight excluding hydrogens is 1110 g/mol. The average Bonchev–Trinajstić information content (AvgIpc) is 2.15. The molecular formula is C55H90N14O14S. The molecule has 1 heterocycles. The summed E-state index contributed by atoms with van der Waals surface area (Å²) in [5, 5.41) is 35.7. The van der Waals surface area contributed by atoms with Crippen molar-refractivity contribution < 1.29 is 67.4 Å². The quantitative estimate of drug-likeness (QED) is 0.0293. The van der Waals surface area contributed by atoms with Crippen molar-refractivity contribution in [3.8, 4) is 0 Å². The number of unbranched alkanes of at least 4 members (excludes halogenated alkanes) is 1. The Morgan fingerprint density at radius 3 is 1.74 bits per heavy atom. The van der Waals surface area contributed by atoms with Crippen LogP contribution in [-0.4, -0.2) is 178 Å². The Hall–Kier alpha value is -7.40. The van der Waals surface area contributed by atoms with Crippen molar-refractivity contribution in [1.29, 1.82) is 0 Å². The zero-order valence-corrected chi connectivity index (χ0v) is 50.7. The van der Waals surface area contributed by atoms with Crippen LogP contribution in [0, 0.1) is 17.8 Å². The molecule has 1 aromatic carbocycles. The van der Waals surface area contributed by atoms with Gasteiger partial charge in [-0.3, -0.25) is 62.3 Å². The summed E-state index contributed by atoms with van der Waals surface area (Å²) >= 11 is 1.26. The van der Waals surface area contributed by atoms with E-state index in [-0.39, 0.29) is 49.8 Å². The molecule has 0 saturated carbocycles. The number of primary amides is 2. The van der Waals surface area contributed by atoms with Gasteiger partial charge in [-0.1, -0.05) is 78.3 Å².